The van der Waals surface area contributed by atoms with E-state index < -0.39 is 5.97 Å². The molecule has 0 atom stereocenters. The number of rotatable bonds is 6. The highest BCUT2D eigenvalue weighted by molar-refractivity contribution is 5.69. The Balaban J connectivity index is 2.06. The van der Waals surface area contributed by atoms with Crippen LogP contribution in [0.5, 0.6) is 5.75 Å². The van der Waals surface area contributed by atoms with E-state index in [1.807, 2.05) is 55.5 Å². The van der Waals surface area contributed by atoms with Crippen LogP contribution in [0.1, 0.15) is 18.1 Å². The van der Waals surface area contributed by atoms with E-state index in [-0.39, 0.29) is 6.54 Å². The van der Waals surface area contributed by atoms with Gasteiger partial charge < -0.3 is 9.84 Å². The Morgan fingerprint density at radius 2 is 1.90 bits per heavy atom. The van der Waals surface area contributed by atoms with Crippen molar-refractivity contribution in [3.05, 3.63) is 59.9 Å². The summed E-state index contributed by atoms with van der Waals surface area (Å²) >= 11 is 0. The summed E-state index contributed by atoms with van der Waals surface area (Å²) < 4.78 is 7.08. The lowest BCUT2D eigenvalue weighted by Gasteiger charge is -2.03. The first-order valence-electron chi connectivity index (χ1n) is 6.79. The van der Waals surface area contributed by atoms with Crippen molar-refractivity contribution in [3.8, 4) is 5.75 Å². The number of hydrogen-bond acceptors (Lipinski definition) is 2. The van der Waals surface area contributed by atoms with Crippen LogP contribution in [0.15, 0.2) is 48.8 Å². The molecule has 21 heavy (non-hydrogen) atoms. The quantitative estimate of drug-likeness (QED) is 0.830. The first-order chi connectivity index (χ1) is 10.2. The first-order valence-corrected chi connectivity index (χ1v) is 6.79. The van der Waals surface area contributed by atoms with Crippen LogP contribution in [-0.2, 0) is 11.3 Å². The molecule has 0 aliphatic heterocycles. The van der Waals surface area contributed by atoms with E-state index in [1.165, 1.54) is 0 Å². The predicted octanol–water partition coefficient (Wildman–Crippen LogP) is 2.63. The van der Waals surface area contributed by atoms with Gasteiger partial charge in [-0.1, -0.05) is 24.3 Å². The zero-order valence-electron chi connectivity index (χ0n) is 11.9. The number of nitrogens with zero attached hydrogens (tertiary/aromatic N) is 1. The van der Waals surface area contributed by atoms with Gasteiger partial charge in [0.1, 0.15) is 5.75 Å². The van der Waals surface area contributed by atoms with Crippen molar-refractivity contribution >= 4 is 18.1 Å². The van der Waals surface area contributed by atoms with Crippen molar-refractivity contribution in [2.75, 3.05) is 6.61 Å². The molecule has 0 saturated carbocycles. The molecule has 1 heterocycles. The SMILES string of the molecule is CCOc1cccc(/C=C\c2cc[n+](CC(=O)O)cc2)c1. The largest absolute Gasteiger partial charge is 0.494 e. The van der Waals surface area contributed by atoms with Crippen molar-refractivity contribution in [2.24, 2.45) is 0 Å². The number of pyridine rings is 1. The molecule has 0 bridgehead atoms. The third-order valence-electron chi connectivity index (χ3n) is 2.87. The summed E-state index contributed by atoms with van der Waals surface area (Å²) in [4.78, 5) is 10.6. The van der Waals surface area contributed by atoms with Gasteiger partial charge in [-0.25, -0.2) is 4.79 Å². The zero-order valence-corrected chi connectivity index (χ0v) is 11.9. The lowest BCUT2D eigenvalue weighted by Crippen LogP contribution is -2.36. The fraction of sp³-hybridized carbons (Fsp3) is 0.176. The molecule has 2 aromatic rings. The van der Waals surface area contributed by atoms with Crippen LogP contribution in [0.3, 0.4) is 0 Å². The number of ether oxygens (including phenoxy) is 1. The third-order valence-corrected chi connectivity index (χ3v) is 2.87. The van der Waals surface area contributed by atoms with E-state index in [2.05, 4.69) is 0 Å². The van der Waals surface area contributed by atoms with Gasteiger partial charge in [0, 0.05) is 12.1 Å². The minimum Gasteiger partial charge on any atom is -0.494 e. The van der Waals surface area contributed by atoms with E-state index in [1.54, 1.807) is 17.0 Å². The Morgan fingerprint density at radius 1 is 1.19 bits per heavy atom. The lowest BCUT2D eigenvalue weighted by atomic mass is 10.1. The highest BCUT2D eigenvalue weighted by Crippen LogP contribution is 2.15. The monoisotopic (exact) mass is 284 g/mol. The molecule has 4 nitrogen and oxygen atoms in total. The van der Waals surface area contributed by atoms with Crippen molar-refractivity contribution in [1.82, 2.24) is 0 Å². The molecule has 1 aromatic carbocycles. The maximum Gasteiger partial charge on any atom is 0.370 e. The van der Waals surface area contributed by atoms with Gasteiger partial charge in [0.2, 0.25) is 6.54 Å². The molecule has 0 aliphatic carbocycles. The lowest BCUT2D eigenvalue weighted by molar-refractivity contribution is -0.685. The fourth-order valence-corrected chi connectivity index (χ4v) is 1.91. The van der Waals surface area contributed by atoms with Gasteiger partial charge in [0.15, 0.2) is 12.4 Å². The summed E-state index contributed by atoms with van der Waals surface area (Å²) in [6, 6.07) is 11.6. The van der Waals surface area contributed by atoms with Gasteiger partial charge >= 0.3 is 5.97 Å². The molecule has 0 unspecified atom stereocenters. The van der Waals surface area contributed by atoms with Gasteiger partial charge in [-0.2, -0.15) is 4.57 Å². The predicted molar refractivity (Wildman–Crippen MR) is 80.8 cm³/mol. The Bertz CT molecular complexity index is 633. The van der Waals surface area contributed by atoms with Crippen molar-refractivity contribution in [2.45, 2.75) is 13.5 Å². The van der Waals surface area contributed by atoms with Crippen LogP contribution in [0.25, 0.3) is 12.2 Å². The molecule has 1 N–H and O–H groups in total. The third kappa shape index (κ3) is 4.76. The molecule has 0 radical (unpaired) electrons. The van der Waals surface area contributed by atoms with E-state index in [0.29, 0.717) is 6.61 Å². The normalized spacial score (nSPS) is 10.7. The summed E-state index contributed by atoms with van der Waals surface area (Å²) in [5, 5.41) is 8.71. The van der Waals surface area contributed by atoms with Crippen LogP contribution in [-0.4, -0.2) is 17.7 Å². The Morgan fingerprint density at radius 3 is 2.57 bits per heavy atom. The van der Waals surface area contributed by atoms with Gasteiger partial charge in [0.25, 0.3) is 0 Å². The first kappa shape index (κ1) is 14.8. The molecule has 0 fully saturated rings. The molecule has 1 aromatic heterocycles. The summed E-state index contributed by atoms with van der Waals surface area (Å²) in [6.45, 7) is 2.58. The Hall–Kier alpha value is -2.62. The maximum atomic E-state index is 10.6. The van der Waals surface area contributed by atoms with Crippen molar-refractivity contribution < 1.29 is 19.2 Å². The summed E-state index contributed by atoms with van der Waals surface area (Å²) in [5.41, 5.74) is 2.07. The van der Waals surface area contributed by atoms with Gasteiger partial charge in [-0.05, 0) is 30.2 Å². The van der Waals surface area contributed by atoms with E-state index in [0.717, 1.165) is 16.9 Å². The minimum absolute atomic E-state index is 0.0274. The standard InChI is InChI=1S/C17H17NO3/c1-2-21-16-5-3-4-15(12-16)7-6-14-8-10-18(11-9-14)13-17(19)20/h3-12H,2,13H2,1H3/p+1/b7-6-. The van der Waals surface area contributed by atoms with Crippen LogP contribution in [0.4, 0.5) is 0 Å². The van der Waals surface area contributed by atoms with Crippen molar-refractivity contribution in [3.63, 3.8) is 0 Å². The number of carbonyl (C=O) groups is 1. The number of carboxylic acids is 1. The Kier molecular flexibility index (Phi) is 5.10. The summed E-state index contributed by atoms with van der Waals surface area (Å²) in [5.74, 6) is 0.00282. The molecular weight excluding hydrogens is 266 g/mol. The topological polar surface area (TPSA) is 50.4 Å². The number of aromatic nitrogens is 1. The number of carboxylic acid groups (broad SMARTS) is 1. The second kappa shape index (κ2) is 7.24. The number of hydrogen-bond donors (Lipinski definition) is 1. The summed E-state index contributed by atoms with van der Waals surface area (Å²) in [6.07, 6.45) is 7.49. The second-order valence-corrected chi connectivity index (χ2v) is 4.54. The van der Waals surface area contributed by atoms with Gasteiger partial charge in [-0.3, -0.25) is 0 Å². The number of aliphatic carboxylic acids is 1. The van der Waals surface area contributed by atoms with Gasteiger partial charge in [0.05, 0.1) is 6.61 Å². The molecule has 0 spiro atoms. The highest BCUT2D eigenvalue weighted by Gasteiger charge is 2.05. The molecule has 108 valence electrons. The average Bonchev–Trinajstić information content (AvgIpc) is 2.47. The molecule has 0 amide bonds. The van der Waals surface area contributed by atoms with Crippen molar-refractivity contribution in [1.29, 1.82) is 0 Å². The van der Waals surface area contributed by atoms with Gasteiger partial charge in [-0.15, -0.1) is 0 Å². The number of benzene rings is 1. The molecule has 4 heteroatoms. The zero-order chi connectivity index (χ0) is 15.1. The smallest absolute Gasteiger partial charge is 0.370 e. The molecule has 0 aliphatic rings. The summed E-state index contributed by atoms with van der Waals surface area (Å²) in [7, 11) is 0. The molecule has 2 rings (SSSR count). The minimum atomic E-state index is -0.851. The Labute approximate surface area is 123 Å². The van der Waals surface area contributed by atoms with E-state index in [4.69, 9.17) is 9.84 Å². The van der Waals surface area contributed by atoms with Crippen LogP contribution < -0.4 is 9.30 Å². The highest BCUT2D eigenvalue weighted by atomic mass is 16.5. The van der Waals surface area contributed by atoms with E-state index >= 15 is 0 Å². The van der Waals surface area contributed by atoms with Crippen LogP contribution >= 0.6 is 0 Å². The fourth-order valence-electron chi connectivity index (χ4n) is 1.91. The van der Waals surface area contributed by atoms with E-state index in [9.17, 15) is 4.79 Å². The molecular formula is C17H18NO3+. The molecule has 0 saturated heterocycles. The van der Waals surface area contributed by atoms with Crippen LogP contribution in [0, 0.1) is 0 Å². The second-order valence-electron chi connectivity index (χ2n) is 4.54. The maximum absolute atomic E-state index is 10.6. The average molecular weight is 284 g/mol. The van der Waals surface area contributed by atoms with Crippen LogP contribution in [0.2, 0.25) is 0 Å².